The zero-order valence-electron chi connectivity index (χ0n) is 26.2. The number of imidazole rings is 1. The van der Waals surface area contributed by atoms with Crippen LogP contribution in [0.3, 0.4) is 0 Å². The molecule has 4 aliphatic rings. The van der Waals surface area contributed by atoms with Crippen molar-refractivity contribution < 1.29 is 23.8 Å². The minimum atomic E-state index is -0.813. The number of piperazine rings is 1. The smallest absolute Gasteiger partial charge is 0.410 e. The number of carbonyl (C=O) groups is 2. The molecule has 46 heavy (non-hydrogen) atoms. The Morgan fingerprint density at radius 1 is 1.13 bits per heavy atom. The van der Waals surface area contributed by atoms with Crippen LogP contribution in [0.1, 0.15) is 65.8 Å². The fourth-order valence-electron chi connectivity index (χ4n) is 6.83. The number of aryl methyl sites for hydroxylation is 1. The van der Waals surface area contributed by atoms with Crippen molar-refractivity contribution in [2.24, 2.45) is 7.05 Å². The van der Waals surface area contributed by atoms with E-state index in [2.05, 4.69) is 33.4 Å². The number of carbonyl (C=O) groups excluding carboxylic acids is 2. The summed E-state index contributed by atoms with van der Waals surface area (Å²) in [7, 11) is 3.51. The second-order valence-electron chi connectivity index (χ2n) is 12.5. The van der Waals surface area contributed by atoms with E-state index in [-0.39, 0.29) is 24.1 Å². The molecule has 3 fully saturated rings. The Kier molecular flexibility index (Phi) is 8.58. The van der Waals surface area contributed by atoms with Crippen LogP contribution in [0.5, 0.6) is 0 Å². The van der Waals surface area contributed by atoms with Gasteiger partial charge in [0.1, 0.15) is 11.7 Å². The normalized spacial score (nSPS) is 21.8. The number of hydrogen-bond donors (Lipinski definition) is 1. The topological polar surface area (TPSA) is 111 Å². The van der Waals surface area contributed by atoms with Gasteiger partial charge in [0.05, 0.1) is 49.2 Å². The first-order chi connectivity index (χ1) is 22.4. The van der Waals surface area contributed by atoms with Gasteiger partial charge in [-0.05, 0) is 59.4 Å². The number of amides is 2. The van der Waals surface area contributed by atoms with Gasteiger partial charge in [-0.3, -0.25) is 14.7 Å². The van der Waals surface area contributed by atoms with Crippen LogP contribution in [0.15, 0.2) is 49.1 Å². The zero-order chi connectivity index (χ0) is 31.8. The molecule has 2 aliphatic carbocycles. The predicted octanol–water partition coefficient (Wildman–Crippen LogP) is 4.38. The minimum absolute atomic E-state index is 0.0927. The number of methoxy groups -OCH3 is 1. The average molecular weight is 647 g/mol. The van der Waals surface area contributed by atoms with Gasteiger partial charge in [-0.1, -0.05) is 23.7 Å². The molecule has 2 aromatic heterocycles. The highest BCUT2D eigenvalue weighted by Gasteiger charge is 2.51. The van der Waals surface area contributed by atoms with E-state index in [0.717, 1.165) is 46.5 Å². The van der Waals surface area contributed by atoms with Gasteiger partial charge in [-0.15, -0.1) is 0 Å². The predicted molar refractivity (Wildman–Crippen MR) is 172 cm³/mol. The molecule has 0 radical (unpaired) electrons. The van der Waals surface area contributed by atoms with Gasteiger partial charge in [-0.25, -0.2) is 9.78 Å². The van der Waals surface area contributed by atoms with Gasteiger partial charge in [0.2, 0.25) is 0 Å². The third-order valence-electron chi connectivity index (χ3n) is 9.68. The monoisotopic (exact) mass is 646 g/mol. The molecule has 11 nitrogen and oxygen atoms in total. The summed E-state index contributed by atoms with van der Waals surface area (Å²) in [5, 5.41) is 3.90. The number of ether oxygens (including phenoxy) is 3. The molecule has 2 aliphatic heterocycles. The van der Waals surface area contributed by atoms with E-state index < -0.39 is 11.6 Å². The maximum atomic E-state index is 13.7. The first-order valence-corrected chi connectivity index (χ1v) is 16.3. The van der Waals surface area contributed by atoms with E-state index in [1.807, 2.05) is 36.0 Å². The highest BCUT2D eigenvalue weighted by atomic mass is 35.5. The molecule has 1 aromatic carbocycles. The second-order valence-corrected chi connectivity index (χ2v) is 12.9. The van der Waals surface area contributed by atoms with E-state index in [0.29, 0.717) is 57.3 Å². The molecule has 12 heteroatoms. The third kappa shape index (κ3) is 5.92. The highest BCUT2D eigenvalue weighted by Crippen LogP contribution is 2.45. The molecule has 2 amide bonds. The number of benzene rings is 1. The van der Waals surface area contributed by atoms with Crippen LogP contribution in [-0.2, 0) is 26.1 Å². The Hall–Kier alpha value is -3.77. The fourth-order valence-corrected chi connectivity index (χ4v) is 7.00. The molecule has 2 unspecified atom stereocenters. The highest BCUT2D eigenvalue weighted by molar-refractivity contribution is 6.30. The molecule has 2 atom stereocenters. The van der Waals surface area contributed by atoms with Gasteiger partial charge in [0.15, 0.2) is 0 Å². The molecule has 2 saturated heterocycles. The first kappa shape index (κ1) is 30.9. The van der Waals surface area contributed by atoms with Gasteiger partial charge < -0.3 is 29.0 Å². The van der Waals surface area contributed by atoms with Crippen LogP contribution >= 0.6 is 11.6 Å². The van der Waals surface area contributed by atoms with E-state index >= 15 is 0 Å². The quantitative estimate of drug-likeness (QED) is 0.403. The lowest BCUT2D eigenvalue weighted by molar-refractivity contribution is -0.134. The number of aromatic nitrogens is 3. The SMILES string of the molecule is COC1(C(=O)NC(C2=Cc3cccnc3C(N3CCN(C(=O)OC4CCOCC4)CC3)c3ccc(Cl)cc32)c2cncn2C)CC1. The number of nitrogens with one attached hydrogen (secondary N) is 1. The van der Waals surface area contributed by atoms with E-state index in [1.165, 1.54) is 0 Å². The van der Waals surface area contributed by atoms with Gasteiger partial charge in [0, 0.05) is 64.4 Å². The van der Waals surface area contributed by atoms with Crippen molar-refractivity contribution in [1.29, 1.82) is 0 Å². The van der Waals surface area contributed by atoms with E-state index in [1.54, 1.807) is 24.5 Å². The fraction of sp³-hybridized carbons (Fsp3) is 0.471. The molecule has 7 rings (SSSR count). The Bertz CT molecular complexity index is 1640. The van der Waals surface area contributed by atoms with E-state index in [4.69, 9.17) is 30.8 Å². The van der Waals surface area contributed by atoms with Crippen LogP contribution in [0.25, 0.3) is 11.6 Å². The third-order valence-corrected chi connectivity index (χ3v) is 9.92. The van der Waals surface area contributed by atoms with Crippen molar-refractivity contribution in [3.8, 4) is 0 Å². The number of rotatable bonds is 7. The largest absolute Gasteiger partial charge is 0.446 e. The van der Waals surface area contributed by atoms with E-state index in [9.17, 15) is 9.59 Å². The molecule has 0 bridgehead atoms. The zero-order valence-corrected chi connectivity index (χ0v) is 26.9. The van der Waals surface area contributed by atoms with Crippen molar-refractivity contribution in [2.75, 3.05) is 46.5 Å². The van der Waals surface area contributed by atoms with Crippen LogP contribution in [0, 0.1) is 0 Å². The average Bonchev–Trinajstić information content (AvgIpc) is 3.80. The van der Waals surface area contributed by atoms with Gasteiger partial charge >= 0.3 is 6.09 Å². The summed E-state index contributed by atoms with van der Waals surface area (Å²) in [6, 6.07) is 9.19. The summed E-state index contributed by atoms with van der Waals surface area (Å²) >= 11 is 6.70. The number of halogens is 1. The molecular weight excluding hydrogens is 608 g/mol. The summed E-state index contributed by atoms with van der Waals surface area (Å²) < 4.78 is 18.8. The van der Waals surface area contributed by atoms with Crippen molar-refractivity contribution in [1.82, 2.24) is 29.7 Å². The summed E-state index contributed by atoms with van der Waals surface area (Å²) in [4.78, 5) is 40.2. The Morgan fingerprint density at radius 2 is 1.91 bits per heavy atom. The Labute approximate surface area is 273 Å². The van der Waals surface area contributed by atoms with Crippen molar-refractivity contribution in [2.45, 2.75) is 49.5 Å². The second kappa shape index (κ2) is 12.8. The standard InChI is InChI=1S/C34H39ClN6O5/c1-39-21-36-20-28(39)30(38-32(42)34(44-2)9-10-34)27-18-22-4-3-11-37-29(22)31(25-6-5-23(35)19-26(25)27)40-12-14-41(15-13-40)33(43)46-24-7-16-45-17-8-24/h3-6,11,18-21,24,30-31H,7-10,12-17H2,1-2H3,(H,38,42). The summed E-state index contributed by atoms with van der Waals surface area (Å²) in [5.41, 5.74) is 4.71. The molecule has 1 N–H and O–H groups in total. The summed E-state index contributed by atoms with van der Waals surface area (Å²) in [6.45, 7) is 3.60. The van der Waals surface area contributed by atoms with Crippen LogP contribution < -0.4 is 5.32 Å². The molecule has 3 aromatic rings. The molecular formula is C34H39ClN6O5. The molecule has 0 spiro atoms. The lowest BCUT2D eigenvalue weighted by Gasteiger charge is -2.40. The maximum Gasteiger partial charge on any atom is 0.410 e. The number of hydrogen-bond acceptors (Lipinski definition) is 8. The lowest BCUT2D eigenvalue weighted by Crippen LogP contribution is -2.51. The number of nitrogens with zero attached hydrogens (tertiary/aromatic N) is 5. The van der Waals surface area contributed by atoms with Crippen molar-refractivity contribution >= 4 is 35.3 Å². The summed E-state index contributed by atoms with van der Waals surface area (Å²) in [6.07, 6.45) is 9.92. The van der Waals surface area contributed by atoms with Crippen molar-refractivity contribution in [3.05, 3.63) is 82.2 Å². The van der Waals surface area contributed by atoms with Crippen LogP contribution in [-0.4, -0.2) is 94.5 Å². The Balaban J connectivity index is 1.23. The molecule has 4 heterocycles. The lowest BCUT2D eigenvalue weighted by atomic mass is 9.89. The first-order valence-electron chi connectivity index (χ1n) is 15.9. The molecule has 1 saturated carbocycles. The maximum absolute atomic E-state index is 13.7. The minimum Gasteiger partial charge on any atom is -0.446 e. The Morgan fingerprint density at radius 3 is 2.61 bits per heavy atom. The molecule has 242 valence electrons. The summed E-state index contributed by atoms with van der Waals surface area (Å²) in [5.74, 6) is -0.151. The number of fused-ring (bicyclic) bond motifs is 2. The van der Waals surface area contributed by atoms with Crippen molar-refractivity contribution in [3.63, 3.8) is 0 Å². The van der Waals surface area contributed by atoms with Gasteiger partial charge in [-0.2, -0.15) is 0 Å². The van der Waals surface area contributed by atoms with Crippen LogP contribution in [0.4, 0.5) is 4.79 Å². The number of pyridine rings is 1. The van der Waals surface area contributed by atoms with Crippen LogP contribution in [0.2, 0.25) is 5.02 Å². The van der Waals surface area contributed by atoms with Gasteiger partial charge in [0.25, 0.3) is 5.91 Å².